The number of alkyl halides is 3. The van der Waals surface area contributed by atoms with Gasteiger partial charge in [-0.05, 0) is 34.6 Å². The number of nitrogens with one attached hydrogen (secondary N) is 1. The Morgan fingerprint density at radius 1 is 1.38 bits per heavy atom. The van der Waals surface area contributed by atoms with Crippen LogP contribution in [0.5, 0.6) is 0 Å². The summed E-state index contributed by atoms with van der Waals surface area (Å²) in [4.78, 5) is 3.93. The highest BCUT2D eigenvalue weighted by Gasteiger charge is 2.31. The highest BCUT2D eigenvalue weighted by molar-refractivity contribution is 9.10. The summed E-state index contributed by atoms with van der Waals surface area (Å²) in [5.74, 6) is 0. The molecule has 0 aliphatic heterocycles. The molecular formula is C12H13BrF3N5. The molecule has 2 heterocycles. The van der Waals surface area contributed by atoms with Crippen molar-refractivity contribution in [2.75, 3.05) is 6.54 Å². The van der Waals surface area contributed by atoms with Crippen LogP contribution in [0.3, 0.4) is 0 Å². The summed E-state index contributed by atoms with van der Waals surface area (Å²) in [6.45, 7) is 2.51. The second-order valence-corrected chi connectivity index (χ2v) is 5.10. The van der Waals surface area contributed by atoms with Gasteiger partial charge in [-0.2, -0.15) is 13.2 Å². The van der Waals surface area contributed by atoms with Gasteiger partial charge in [0.05, 0.1) is 23.0 Å². The van der Waals surface area contributed by atoms with Crippen LogP contribution in [-0.4, -0.2) is 26.5 Å². The molecule has 0 bridgehead atoms. The SMILES string of the molecule is CCNC(c1ccc(C(F)(F)F)cn1)c1c(Br)nnn1C. The fraction of sp³-hybridized carbons (Fsp3) is 0.417. The lowest BCUT2D eigenvalue weighted by atomic mass is 10.1. The predicted octanol–water partition coefficient (Wildman–Crippen LogP) is 2.69. The lowest BCUT2D eigenvalue weighted by Crippen LogP contribution is -2.25. The quantitative estimate of drug-likeness (QED) is 0.907. The minimum atomic E-state index is -4.39. The van der Waals surface area contributed by atoms with Gasteiger partial charge in [0.15, 0.2) is 4.60 Å². The molecule has 0 amide bonds. The van der Waals surface area contributed by atoms with Crippen molar-refractivity contribution in [3.8, 4) is 0 Å². The van der Waals surface area contributed by atoms with Crippen molar-refractivity contribution in [2.24, 2.45) is 7.05 Å². The molecule has 1 unspecified atom stereocenters. The minimum Gasteiger partial charge on any atom is -0.304 e. The maximum Gasteiger partial charge on any atom is 0.417 e. The molecule has 0 saturated carbocycles. The van der Waals surface area contributed by atoms with Gasteiger partial charge in [0, 0.05) is 13.2 Å². The molecule has 0 saturated heterocycles. The number of hydrogen-bond acceptors (Lipinski definition) is 4. The maximum absolute atomic E-state index is 12.6. The van der Waals surface area contributed by atoms with Gasteiger partial charge in [-0.1, -0.05) is 12.1 Å². The van der Waals surface area contributed by atoms with Gasteiger partial charge in [-0.25, -0.2) is 4.68 Å². The van der Waals surface area contributed by atoms with E-state index >= 15 is 0 Å². The Labute approximate surface area is 127 Å². The third kappa shape index (κ3) is 3.41. The minimum absolute atomic E-state index is 0.397. The van der Waals surface area contributed by atoms with Crippen LogP contribution in [0.15, 0.2) is 22.9 Å². The smallest absolute Gasteiger partial charge is 0.304 e. The van der Waals surface area contributed by atoms with E-state index in [2.05, 4.69) is 36.5 Å². The summed E-state index contributed by atoms with van der Waals surface area (Å²) in [5.41, 5.74) is 0.392. The molecule has 5 nitrogen and oxygen atoms in total. The first kappa shape index (κ1) is 15.9. The number of aryl methyl sites for hydroxylation is 1. The van der Waals surface area contributed by atoms with Gasteiger partial charge in [0.25, 0.3) is 0 Å². The van der Waals surface area contributed by atoms with Gasteiger partial charge in [0.2, 0.25) is 0 Å². The lowest BCUT2D eigenvalue weighted by molar-refractivity contribution is -0.137. The average molecular weight is 364 g/mol. The number of nitrogens with zero attached hydrogens (tertiary/aromatic N) is 4. The fourth-order valence-electron chi connectivity index (χ4n) is 1.93. The van der Waals surface area contributed by atoms with Crippen molar-refractivity contribution in [1.82, 2.24) is 25.3 Å². The molecule has 0 radical (unpaired) electrons. The zero-order chi connectivity index (χ0) is 15.6. The van der Waals surface area contributed by atoms with Crippen molar-refractivity contribution >= 4 is 15.9 Å². The molecule has 1 atom stereocenters. The topological polar surface area (TPSA) is 55.6 Å². The van der Waals surface area contributed by atoms with Crippen LogP contribution in [0, 0.1) is 0 Å². The molecule has 1 N–H and O–H groups in total. The molecule has 2 aromatic rings. The Kier molecular flexibility index (Phi) is 4.62. The third-order valence-corrected chi connectivity index (χ3v) is 3.48. The fourth-order valence-corrected chi connectivity index (χ4v) is 2.49. The van der Waals surface area contributed by atoms with Gasteiger partial charge in [0.1, 0.15) is 0 Å². The molecular weight excluding hydrogens is 351 g/mol. The van der Waals surface area contributed by atoms with Gasteiger partial charge in [-0.3, -0.25) is 4.98 Å². The second-order valence-electron chi connectivity index (χ2n) is 4.35. The van der Waals surface area contributed by atoms with Crippen LogP contribution < -0.4 is 5.32 Å². The number of pyridine rings is 1. The van der Waals surface area contributed by atoms with Gasteiger partial charge in [-0.15, -0.1) is 5.10 Å². The summed E-state index contributed by atoms with van der Waals surface area (Å²) >= 11 is 3.29. The monoisotopic (exact) mass is 363 g/mol. The summed E-state index contributed by atoms with van der Waals surface area (Å²) in [6.07, 6.45) is -3.56. The van der Waals surface area contributed by atoms with Crippen molar-refractivity contribution < 1.29 is 13.2 Å². The lowest BCUT2D eigenvalue weighted by Gasteiger charge is -2.18. The van der Waals surface area contributed by atoms with E-state index in [4.69, 9.17) is 0 Å². The summed E-state index contributed by atoms with van der Waals surface area (Å²) in [5, 5.41) is 10.9. The normalized spacial score (nSPS) is 13.4. The average Bonchev–Trinajstić information content (AvgIpc) is 2.75. The van der Waals surface area contributed by atoms with Crippen LogP contribution in [0.4, 0.5) is 13.2 Å². The van der Waals surface area contributed by atoms with Crippen molar-refractivity contribution in [1.29, 1.82) is 0 Å². The number of rotatable bonds is 4. The van der Waals surface area contributed by atoms with Crippen molar-refractivity contribution in [2.45, 2.75) is 19.1 Å². The first-order valence-corrected chi connectivity index (χ1v) is 6.95. The zero-order valence-electron chi connectivity index (χ0n) is 11.3. The first-order valence-electron chi connectivity index (χ1n) is 6.16. The van der Waals surface area contributed by atoms with E-state index in [-0.39, 0.29) is 0 Å². The molecule has 0 fully saturated rings. The first-order chi connectivity index (χ1) is 9.84. The molecule has 0 aromatic carbocycles. The maximum atomic E-state index is 12.6. The Morgan fingerprint density at radius 3 is 2.52 bits per heavy atom. The van der Waals surface area contributed by atoms with Crippen molar-refractivity contribution in [3.05, 3.63) is 39.9 Å². The van der Waals surface area contributed by atoms with E-state index in [1.54, 1.807) is 11.7 Å². The highest BCUT2D eigenvalue weighted by atomic mass is 79.9. The standard InChI is InChI=1S/C12H13BrF3N5/c1-3-17-9(10-11(13)19-20-21(10)2)8-5-4-7(6-18-8)12(14,15)16/h4-6,9,17H,3H2,1-2H3. The van der Waals surface area contributed by atoms with E-state index in [0.717, 1.165) is 12.3 Å². The van der Waals surface area contributed by atoms with E-state index in [9.17, 15) is 13.2 Å². The number of halogens is 4. The molecule has 2 rings (SSSR count). The molecule has 2 aromatic heterocycles. The van der Waals surface area contributed by atoms with Crippen LogP contribution >= 0.6 is 15.9 Å². The van der Waals surface area contributed by atoms with Crippen LogP contribution in [0.1, 0.15) is 29.9 Å². The molecule has 0 spiro atoms. The van der Waals surface area contributed by atoms with Crippen LogP contribution in [-0.2, 0) is 13.2 Å². The van der Waals surface area contributed by atoms with E-state index in [1.165, 1.54) is 6.07 Å². The highest BCUT2D eigenvalue weighted by Crippen LogP contribution is 2.30. The van der Waals surface area contributed by atoms with E-state index in [0.29, 0.717) is 22.5 Å². The molecule has 114 valence electrons. The predicted molar refractivity (Wildman–Crippen MR) is 73.5 cm³/mol. The number of hydrogen-bond donors (Lipinski definition) is 1. The summed E-state index contributed by atoms with van der Waals surface area (Å²) in [7, 11) is 1.71. The Balaban J connectivity index is 2.40. The molecule has 0 aliphatic rings. The van der Waals surface area contributed by atoms with Crippen LogP contribution in [0.2, 0.25) is 0 Å². The Hall–Kier alpha value is -1.48. The number of aromatic nitrogens is 4. The molecule has 9 heteroatoms. The van der Waals surface area contributed by atoms with E-state index < -0.39 is 17.8 Å². The second kappa shape index (κ2) is 6.10. The summed E-state index contributed by atoms with van der Waals surface area (Å²) < 4.78 is 39.8. The van der Waals surface area contributed by atoms with Crippen molar-refractivity contribution in [3.63, 3.8) is 0 Å². The van der Waals surface area contributed by atoms with Gasteiger partial charge >= 0.3 is 6.18 Å². The van der Waals surface area contributed by atoms with E-state index in [1.807, 2.05) is 6.92 Å². The van der Waals surface area contributed by atoms with Gasteiger partial charge < -0.3 is 5.32 Å². The zero-order valence-corrected chi connectivity index (χ0v) is 12.9. The summed E-state index contributed by atoms with van der Waals surface area (Å²) in [6, 6.07) is 1.98. The Bertz CT molecular complexity index is 589. The van der Waals surface area contributed by atoms with Crippen LogP contribution in [0.25, 0.3) is 0 Å². The molecule has 0 aliphatic carbocycles. The Morgan fingerprint density at radius 2 is 2.10 bits per heavy atom. The molecule has 21 heavy (non-hydrogen) atoms. The largest absolute Gasteiger partial charge is 0.417 e. The third-order valence-electron chi connectivity index (χ3n) is 2.92.